The molecule has 0 spiro atoms. The minimum Gasteiger partial charge on any atom is -0.342 e. The maximum atomic E-state index is 13.7. The predicted molar refractivity (Wildman–Crippen MR) is 123 cm³/mol. The van der Waals surface area contributed by atoms with Crippen LogP contribution in [0.1, 0.15) is 37.7 Å². The number of nitrogens with one attached hydrogen (secondary N) is 1. The van der Waals surface area contributed by atoms with E-state index in [1.54, 1.807) is 0 Å². The lowest BCUT2D eigenvalue weighted by Crippen LogP contribution is -2.49. The van der Waals surface area contributed by atoms with Gasteiger partial charge in [0.15, 0.2) is 0 Å². The first-order valence-electron chi connectivity index (χ1n) is 11.6. The summed E-state index contributed by atoms with van der Waals surface area (Å²) in [5, 5.41) is 2.22. The van der Waals surface area contributed by atoms with Crippen LogP contribution < -0.4 is 5.32 Å². The van der Waals surface area contributed by atoms with Crippen molar-refractivity contribution in [2.24, 2.45) is 0 Å². The number of likely N-dealkylation sites (tertiary alicyclic amines) is 1. The molecule has 0 bridgehead atoms. The average molecular weight is 546 g/mol. The lowest BCUT2D eigenvalue weighted by atomic mass is 10.0. The van der Waals surface area contributed by atoms with Crippen LogP contribution in [0.15, 0.2) is 47.4 Å². The first-order valence-corrected chi connectivity index (χ1v) is 13.0. The summed E-state index contributed by atoms with van der Waals surface area (Å²) in [4.78, 5) is 25.7. The molecular formula is C24H24F5N3O4S. The Morgan fingerprint density at radius 3 is 2.22 bits per heavy atom. The van der Waals surface area contributed by atoms with Crippen molar-refractivity contribution in [3.8, 4) is 0 Å². The lowest BCUT2D eigenvalue weighted by molar-refractivity contribution is -0.138. The van der Waals surface area contributed by atoms with Crippen molar-refractivity contribution in [2.75, 3.05) is 18.4 Å². The number of hydrogen-bond donors (Lipinski definition) is 1. The van der Waals surface area contributed by atoms with Crippen LogP contribution in [0.2, 0.25) is 0 Å². The van der Waals surface area contributed by atoms with E-state index < -0.39 is 62.6 Å². The van der Waals surface area contributed by atoms with E-state index in [9.17, 15) is 40.0 Å². The van der Waals surface area contributed by atoms with E-state index in [1.807, 2.05) is 0 Å². The molecule has 0 unspecified atom stereocenters. The smallest absolute Gasteiger partial charge is 0.342 e. The van der Waals surface area contributed by atoms with E-state index in [-0.39, 0.29) is 37.7 Å². The van der Waals surface area contributed by atoms with Gasteiger partial charge < -0.3 is 10.2 Å². The lowest BCUT2D eigenvalue weighted by Gasteiger charge is -2.38. The summed E-state index contributed by atoms with van der Waals surface area (Å²) in [6.45, 7) is 0.284. The first kappa shape index (κ1) is 27.0. The molecule has 1 heterocycles. The number of hydrogen-bond acceptors (Lipinski definition) is 4. The van der Waals surface area contributed by atoms with Crippen molar-refractivity contribution in [1.29, 1.82) is 0 Å². The normalized spacial score (nSPS) is 17.2. The molecule has 1 aliphatic carbocycles. The number of carbonyl (C=O) groups excluding carboxylic acids is 2. The van der Waals surface area contributed by atoms with Gasteiger partial charge in [0.1, 0.15) is 18.1 Å². The Labute approximate surface area is 210 Å². The monoisotopic (exact) mass is 545 g/mol. The van der Waals surface area contributed by atoms with Gasteiger partial charge in [0.05, 0.1) is 16.1 Å². The van der Waals surface area contributed by atoms with Crippen LogP contribution in [0.3, 0.4) is 0 Å². The van der Waals surface area contributed by atoms with Crippen LogP contribution in [-0.4, -0.2) is 54.6 Å². The van der Waals surface area contributed by atoms with E-state index in [0.29, 0.717) is 25.0 Å². The minimum atomic E-state index is -4.68. The zero-order valence-corrected chi connectivity index (χ0v) is 20.3. The third kappa shape index (κ3) is 6.27. The second-order valence-electron chi connectivity index (χ2n) is 9.05. The highest BCUT2D eigenvalue weighted by Gasteiger charge is 2.44. The molecule has 1 saturated heterocycles. The fraction of sp³-hybridized carbons (Fsp3) is 0.417. The Hall–Kier alpha value is -3.06. The van der Waals surface area contributed by atoms with Crippen LogP contribution >= 0.6 is 0 Å². The van der Waals surface area contributed by atoms with Gasteiger partial charge in [-0.1, -0.05) is 6.07 Å². The molecule has 37 heavy (non-hydrogen) atoms. The summed E-state index contributed by atoms with van der Waals surface area (Å²) >= 11 is 0. The number of benzene rings is 2. The molecule has 0 aromatic heterocycles. The molecule has 13 heteroatoms. The SMILES string of the molecule is O=C(CC(=O)N1CCC(N(C2CC2)S(=O)(=O)c2cccc(C(F)(F)F)c2)CC1)Nc1ccc(F)cc1F. The van der Waals surface area contributed by atoms with Gasteiger partial charge in [0.25, 0.3) is 0 Å². The van der Waals surface area contributed by atoms with Crippen molar-refractivity contribution < 1.29 is 40.0 Å². The van der Waals surface area contributed by atoms with E-state index in [2.05, 4.69) is 5.32 Å². The van der Waals surface area contributed by atoms with Gasteiger partial charge in [-0.15, -0.1) is 0 Å². The standard InChI is InChI=1S/C24H24F5N3O4S/c25-16-4-7-21(20(26)13-16)30-22(33)14-23(34)31-10-8-18(9-11-31)32(17-5-6-17)37(35,36)19-3-1-2-15(12-19)24(27,28)29/h1-4,7,12-13,17-18H,5-6,8-11,14H2,(H,30,33). The second-order valence-corrected chi connectivity index (χ2v) is 10.9. The summed E-state index contributed by atoms with van der Waals surface area (Å²) in [5.74, 6) is -3.13. The van der Waals surface area contributed by atoms with Crippen molar-refractivity contribution in [3.63, 3.8) is 0 Å². The Kier molecular flexibility index (Phi) is 7.56. The summed E-state index contributed by atoms with van der Waals surface area (Å²) in [5.41, 5.74) is -1.32. The largest absolute Gasteiger partial charge is 0.416 e. The summed E-state index contributed by atoms with van der Waals surface area (Å²) < 4.78 is 94.1. The summed E-state index contributed by atoms with van der Waals surface area (Å²) in [6, 6.07) is 5.41. The molecule has 2 aliphatic rings. The number of nitrogens with zero attached hydrogens (tertiary/aromatic N) is 2. The zero-order valence-electron chi connectivity index (χ0n) is 19.5. The van der Waals surface area contributed by atoms with Crippen LogP contribution in [0.4, 0.5) is 27.6 Å². The molecule has 7 nitrogen and oxygen atoms in total. The van der Waals surface area contributed by atoms with Gasteiger partial charge in [-0.3, -0.25) is 9.59 Å². The first-order chi connectivity index (χ1) is 17.4. The highest BCUT2D eigenvalue weighted by Crippen LogP contribution is 2.38. The van der Waals surface area contributed by atoms with Crippen molar-refractivity contribution in [1.82, 2.24) is 9.21 Å². The van der Waals surface area contributed by atoms with Crippen LogP contribution in [0.25, 0.3) is 0 Å². The van der Waals surface area contributed by atoms with Crippen molar-refractivity contribution in [2.45, 2.75) is 55.3 Å². The minimum absolute atomic E-state index is 0.142. The van der Waals surface area contributed by atoms with E-state index in [0.717, 1.165) is 30.3 Å². The topological polar surface area (TPSA) is 86.8 Å². The molecule has 1 aliphatic heterocycles. The van der Waals surface area contributed by atoms with Crippen molar-refractivity contribution in [3.05, 3.63) is 59.7 Å². The molecule has 2 aromatic carbocycles. The number of amides is 2. The van der Waals surface area contributed by atoms with Gasteiger partial charge in [0, 0.05) is 31.2 Å². The quantitative estimate of drug-likeness (QED) is 0.418. The van der Waals surface area contributed by atoms with Gasteiger partial charge >= 0.3 is 6.18 Å². The number of rotatable bonds is 7. The van der Waals surface area contributed by atoms with Crippen LogP contribution in [-0.2, 0) is 25.8 Å². The maximum absolute atomic E-state index is 13.7. The predicted octanol–water partition coefficient (Wildman–Crippen LogP) is 4.16. The Bertz CT molecular complexity index is 1290. The van der Waals surface area contributed by atoms with Gasteiger partial charge in [-0.05, 0) is 56.0 Å². The Morgan fingerprint density at radius 2 is 1.62 bits per heavy atom. The fourth-order valence-electron chi connectivity index (χ4n) is 4.38. The Balaban J connectivity index is 1.39. The number of alkyl halides is 3. The third-order valence-electron chi connectivity index (χ3n) is 6.34. The highest BCUT2D eigenvalue weighted by molar-refractivity contribution is 7.89. The Morgan fingerprint density at radius 1 is 0.973 bits per heavy atom. The number of sulfonamides is 1. The van der Waals surface area contributed by atoms with Crippen LogP contribution in [0.5, 0.6) is 0 Å². The second kappa shape index (κ2) is 10.4. The molecule has 0 radical (unpaired) electrons. The van der Waals surface area contributed by atoms with Gasteiger partial charge in [-0.2, -0.15) is 17.5 Å². The molecule has 4 rings (SSSR count). The number of halogens is 5. The van der Waals surface area contributed by atoms with Crippen molar-refractivity contribution >= 4 is 27.5 Å². The molecule has 1 N–H and O–H groups in total. The maximum Gasteiger partial charge on any atom is 0.416 e. The third-order valence-corrected chi connectivity index (χ3v) is 8.34. The molecule has 2 amide bonds. The number of anilines is 1. The van der Waals surface area contributed by atoms with E-state index in [1.165, 1.54) is 9.21 Å². The van der Waals surface area contributed by atoms with E-state index >= 15 is 0 Å². The highest BCUT2D eigenvalue weighted by atomic mass is 32.2. The molecule has 0 atom stereocenters. The molecule has 200 valence electrons. The van der Waals surface area contributed by atoms with Gasteiger partial charge in [0.2, 0.25) is 21.8 Å². The molecule has 2 aromatic rings. The molecule has 2 fully saturated rings. The summed E-state index contributed by atoms with van der Waals surface area (Å²) in [7, 11) is -4.22. The fourth-order valence-corrected chi connectivity index (χ4v) is 6.35. The number of carbonyl (C=O) groups is 2. The van der Waals surface area contributed by atoms with Gasteiger partial charge in [-0.25, -0.2) is 17.2 Å². The number of piperidine rings is 1. The van der Waals surface area contributed by atoms with Crippen LogP contribution in [0, 0.1) is 11.6 Å². The molecular weight excluding hydrogens is 521 g/mol. The van der Waals surface area contributed by atoms with E-state index in [4.69, 9.17) is 0 Å². The average Bonchev–Trinajstić information content (AvgIpc) is 3.66. The summed E-state index contributed by atoms with van der Waals surface area (Å²) in [6.07, 6.45) is -3.59. The zero-order chi connectivity index (χ0) is 27.0. The molecule has 1 saturated carbocycles.